The molecule has 0 atom stereocenters. The van der Waals surface area contributed by atoms with Crippen LogP contribution in [0, 0.1) is 5.82 Å². The second-order valence-electron chi connectivity index (χ2n) is 4.38. The molecule has 3 aromatic rings. The third-order valence-electron chi connectivity index (χ3n) is 2.95. The Hall–Kier alpha value is -2.76. The van der Waals surface area contributed by atoms with Crippen molar-refractivity contribution in [2.24, 2.45) is 0 Å². The van der Waals surface area contributed by atoms with Crippen molar-refractivity contribution in [1.82, 2.24) is 20.2 Å². The van der Waals surface area contributed by atoms with Gasteiger partial charge in [-0.3, -0.25) is 0 Å². The Kier molecular flexibility index (Phi) is 3.12. The van der Waals surface area contributed by atoms with Crippen LogP contribution in [0.3, 0.4) is 0 Å². The summed E-state index contributed by atoms with van der Waals surface area (Å²) in [6, 6.07) is 13.8. The Bertz CT molecular complexity index is 738. The maximum absolute atomic E-state index is 13.7. The lowest BCUT2D eigenvalue weighted by Gasteiger charge is -2.06. The standard InChI is InChI=1S/C14H12FN5/c15-13-7-2-1-4-11(13)9-20-14(17-18-19-20)10-5-3-6-12(16)8-10/h1-8H,9,16H2. The Morgan fingerprint density at radius 2 is 1.95 bits per heavy atom. The minimum Gasteiger partial charge on any atom is -0.399 e. The molecular formula is C14H12FN5. The van der Waals surface area contributed by atoms with Crippen molar-refractivity contribution in [3.8, 4) is 11.4 Å². The second-order valence-corrected chi connectivity index (χ2v) is 4.38. The van der Waals surface area contributed by atoms with E-state index < -0.39 is 0 Å². The second kappa shape index (κ2) is 5.08. The molecule has 0 bridgehead atoms. The highest BCUT2D eigenvalue weighted by atomic mass is 19.1. The van der Waals surface area contributed by atoms with E-state index in [1.54, 1.807) is 35.0 Å². The van der Waals surface area contributed by atoms with E-state index in [9.17, 15) is 4.39 Å². The summed E-state index contributed by atoms with van der Waals surface area (Å²) in [6.07, 6.45) is 0. The molecule has 5 nitrogen and oxygen atoms in total. The highest BCUT2D eigenvalue weighted by molar-refractivity contribution is 5.60. The van der Waals surface area contributed by atoms with Crippen LogP contribution in [0.1, 0.15) is 5.56 Å². The fourth-order valence-corrected chi connectivity index (χ4v) is 1.98. The quantitative estimate of drug-likeness (QED) is 0.739. The van der Waals surface area contributed by atoms with Crippen LogP contribution in [0.15, 0.2) is 48.5 Å². The lowest BCUT2D eigenvalue weighted by atomic mass is 10.2. The van der Waals surface area contributed by atoms with Crippen LogP contribution in [0.2, 0.25) is 0 Å². The average molecular weight is 269 g/mol. The SMILES string of the molecule is Nc1cccc(-c2nnnn2Cc2ccccc2F)c1. The van der Waals surface area contributed by atoms with Crippen LogP contribution >= 0.6 is 0 Å². The average Bonchev–Trinajstić information content (AvgIpc) is 2.90. The van der Waals surface area contributed by atoms with Crippen LogP contribution in [0.4, 0.5) is 10.1 Å². The van der Waals surface area contributed by atoms with Crippen molar-refractivity contribution in [3.63, 3.8) is 0 Å². The number of nitrogens with zero attached hydrogens (tertiary/aromatic N) is 4. The van der Waals surface area contributed by atoms with E-state index in [0.717, 1.165) is 5.56 Å². The molecule has 2 aromatic carbocycles. The maximum Gasteiger partial charge on any atom is 0.182 e. The smallest absolute Gasteiger partial charge is 0.182 e. The molecule has 0 aliphatic heterocycles. The number of anilines is 1. The number of rotatable bonds is 3. The highest BCUT2D eigenvalue weighted by Crippen LogP contribution is 2.19. The zero-order chi connectivity index (χ0) is 13.9. The predicted octanol–water partition coefficient (Wildman–Crippen LogP) is 2.11. The van der Waals surface area contributed by atoms with E-state index in [-0.39, 0.29) is 12.4 Å². The van der Waals surface area contributed by atoms with Gasteiger partial charge in [-0.2, -0.15) is 0 Å². The Balaban J connectivity index is 1.97. The number of hydrogen-bond acceptors (Lipinski definition) is 4. The van der Waals surface area contributed by atoms with Gasteiger partial charge in [0.1, 0.15) is 5.82 Å². The zero-order valence-corrected chi connectivity index (χ0v) is 10.6. The number of aromatic nitrogens is 4. The van der Waals surface area contributed by atoms with Gasteiger partial charge in [-0.15, -0.1) is 5.10 Å². The minimum atomic E-state index is -0.276. The molecule has 0 amide bonds. The molecule has 0 aliphatic rings. The summed E-state index contributed by atoms with van der Waals surface area (Å²) in [7, 11) is 0. The minimum absolute atomic E-state index is 0.268. The zero-order valence-electron chi connectivity index (χ0n) is 10.6. The van der Waals surface area contributed by atoms with Crippen molar-refractivity contribution in [3.05, 3.63) is 59.9 Å². The normalized spacial score (nSPS) is 10.7. The summed E-state index contributed by atoms with van der Waals surface area (Å²) in [6.45, 7) is 0.268. The molecule has 0 fully saturated rings. The first-order valence-corrected chi connectivity index (χ1v) is 6.09. The predicted molar refractivity (Wildman–Crippen MR) is 73.2 cm³/mol. The lowest BCUT2D eigenvalue weighted by molar-refractivity contribution is 0.579. The van der Waals surface area contributed by atoms with E-state index in [2.05, 4.69) is 15.5 Å². The molecular weight excluding hydrogens is 257 g/mol. The van der Waals surface area contributed by atoms with Gasteiger partial charge < -0.3 is 5.73 Å². The monoisotopic (exact) mass is 269 g/mol. The summed E-state index contributed by atoms with van der Waals surface area (Å²) >= 11 is 0. The third kappa shape index (κ3) is 2.35. The summed E-state index contributed by atoms with van der Waals surface area (Å²) in [5.74, 6) is 0.280. The molecule has 2 N–H and O–H groups in total. The van der Waals surface area contributed by atoms with Crippen molar-refractivity contribution in [1.29, 1.82) is 0 Å². The van der Waals surface area contributed by atoms with E-state index in [1.807, 2.05) is 12.1 Å². The number of halogens is 1. The number of tetrazole rings is 1. The fourth-order valence-electron chi connectivity index (χ4n) is 1.98. The van der Waals surface area contributed by atoms with Gasteiger partial charge in [0.2, 0.25) is 0 Å². The number of hydrogen-bond donors (Lipinski definition) is 1. The molecule has 20 heavy (non-hydrogen) atoms. The molecule has 0 radical (unpaired) electrons. The molecule has 100 valence electrons. The van der Waals surface area contributed by atoms with Crippen LogP contribution in [0.5, 0.6) is 0 Å². The first kappa shape index (κ1) is 12.3. The lowest BCUT2D eigenvalue weighted by Crippen LogP contribution is -2.06. The van der Waals surface area contributed by atoms with Crippen LogP contribution in [-0.2, 0) is 6.54 Å². The maximum atomic E-state index is 13.7. The number of nitrogens with two attached hydrogens (primary N) is 1. The highest BCUT2D eigenvalue weighted by Gasteiger charge is 2.11. The molecule has 0 saturated heterocycles. The molecule has 0 aliphatic carbocycles. The summed E-state index contributed by atoms with van der Waals surface area (Å²) in [4.78, 5) is 0. The topological polar surface area (TPSA) is 69.6 Å². The van der Waals surface area contributed by atoms with Crippen LogP contribution < -0.4 is 5.73 Å². The van der Waals surface area contributed by atoms with Crippen molar-refractivity contribution >= 4 is 5.69 Å². The molecule has 6 heteroatoms. The molecule has 1 aromatic heterocycles. The number of nitrogen functional groups attached to an aromatic ring is 1. The molecule has 0 saturated carbocycles. The molecule has 1 heterocycles. The molecule has 3 rings (SSSR count). The summed E-state index contributed by atoms with van der Waals surface area (Å²) < 4.78 is 15.2. The summed E-state index contributed by atoms with van der Waals surface area (Å²) in [5, 5.41) is 11.5. The molecule has 0 unspecified atom stereocenters. The van der Waals surface area contributed by atoms with Gasteiger partial charge in [-0.05, 0) is 28.6 Å². The third-order valence-corrected chi connectivity index (χ3v) is 2.95. The van der Waals surface area contributed by atoms with Gasteiger partial charge in [-0.1, -0.05) is 30.3 Å². The van der Waals surface area contributed by atoms with Gasteiger partial charge in [0.05, 0.1) is 6.54 Å². The molecule has 0 spiro atoms. The van der Waals surface area contributed by atoms with Crippen molar-refractivity contribution in [2.75, 3.05) is 5.73 Å². The van der Waals surface area contributed by atoms with Gasteiger partial charge in [0.25, 0.3) is 0 Å². The van der Waals surface area contributed by atoms with E-state index >= 15 is 0 Å². The van der Waals surface area contributed by atoms with Crippen LogP contribution in [0.25, 0.3) is 11.4 Å². The van der Waals surface area contributed by atoms with Gasteiger partial charge in [0, 0.05) is 16.8 Å². The Labute approximate surface area is 114 Å². The largest absolute Gasteiger partial charge is 0.399 e. The van der Waals surface area contributed by atoms with E-state index in [1.165, 1.54) is 6.07 Å². The first-order valence-electron chi connectivity index (χ1n) is 6.09. The van der Waals surface area contributed by atoms with E-state index in [4.69, 9.17) is 5.73 Å². The van der Waals surface area contributed by atoms with E-state index in [0.29, 0.717) is 17.1 Å². The number of benzene rings is 2. The van der Waals surface area contributed by atoms with Crippen molar-refractivity contribution in [2.45, 2.75) is 6.54 Å². The fraction of sp³-hybridized carbons (Fsp3) is 0.0714. The first-order chi connectivity index (χ1) is 9.74. The van der Waals surface area contributed by atoms with Crippen LogP contribution in [-0.4, -0.2) is 20.2 Å². The summed E-state index contributed by atoms with van der Waals surface area (Å²) in [5.41, 5.74) is 7.71. The van der Waals surface area contributed by atoms with Gasteiger partial charge >= 0.3 is 0 Å². The van der Waals surface area contributed by atoms with Gasteiger partial charge in [-0.25, -0.2) is 9.07 Å². The Morgan fingerprint density at radius 1 is 1.10 bits per heavy atom. The van der Waals surface area contributed by atoms with Gasteiger partial charge in [0.15, 0.2) is 5.82 Å². The Morgan fingerprint density at radius 3 is 2.75 bits per heavy atom. The van der Waals surface area contributed by atoms with Crippen molar-refractivity contribution < 1.29 is 4.39 Å².